The first-order valence-electron chi connectivity index (χ1n) is 12.3. The number of aromatic nitrogens is 1. The average Bonchev–Trinajstić information content (AvgIpc) is 2.88. The van der Waals surface area contributed by atoms with E-state index in [0.717, 1.165) is 17.5 Å². The van der Waals surface area contributed by atoms with Crippen LogP contribution in [-0.2, 0) is 11.2 Å². The lowest BCUT2D eigenvalue weighted by atomic mass is 9.80. The molecule has 3 rings (SSSR count). The number of carbonyl (C=O) groups is 2. The Bertz CT molecular complexity index is 1040. The van der Waals surface area contributed by atoms with Gasteiger partial charge in [0.2, 0.25) is 5.91 Å². The van der Waals surface area contributed by atoms with Crippen LogP contribution >= 0.6 is 0 Å². The third kappa shape index (κ3) is 7.41. The molecule has 0 aliphatic rings. The fraction of sp³-hybridized carbons (Fsp3) is 0.345. The minimum absolute atomic E-state index is 0.0376. The van der Waals surface area contributed by atoms with E-state index in [1.54, 1.807) is 12.4 Å². The summed E-state index contributed by atoms with van der Waals surface area (Å²) >= 11 is 0. The van der Waals surface area contributed by atoms with Gasteiger partial charge in [-0.2, -0.15) is 0 Å². The molecule has 6 heteroatoms. The molecule has 2 unspecified atom stereocenters. The Labute approximate surface area is 208 Å². The van der Waals surface area contributed by atoms with Crippen molar-refractivity contribution in [1.29, 1.82) is 0 Å². The van der Waals surface area contributed by atoms with Crippen molar-refractivity contribution in [1.82, 2.24) is 20.5 Å². The van der Waals surface area contributed by atoms with E-state index < -0.39 is 5.92 Å². The Morgan fingerprint density at radius 1 is 0.886 bits per heavy atom. The highest BCUT2D eigenvalue weighted by molar-refractivity contribution is 5.85. The zero-order valence-corrected chi connectivity index (χ0v) is 20.9. The molecule has 184 valence electrons. The van der Waals surface area contributed by atoms with Gasteiger partial charge in [0.05, 0.1) is 5.92 Å². The van der Waals surface area contributed by atoms with Crippen molar-refractivity contribution in [2.45, 2.75) is 45.1 Å². The fourth-order valence-corrected chi connectivity index (χ4v) is 4.42. The summed E-state index contributed by atoms with van der Waals surface area (Å²) in [5.74, 6) is -0.686. The minimum Gasteiger partial charge on any atom is -0.340 e. The summed E-state index contributed by atoms with van der Waals surface area (Å²) in [5.41, 5.74) is 3.02. The smallest absolute Gasteiger partial charge is 0.314 e. The van der Waals surface area contributed by atoms with Gasteiger partial charge in [0.25, 0.3) is 0 Å². The van der Waals surface area contributed by atoms with E-state index in [4.69, 9.17) is 0 Å². The van der Waals surface area contributed by atoms with E-state index in [2.05, 4.69) is 15.6 Å². The second-order valence-corrected chi connectivity index (χ2v) is 8.87. The largest absolute Gasteiger partial charge is 0.340 e. The quantitative estimate of drug-likeness (QED) is 0.423. The van der Waals surface area contributed by atoms with Gasteiger partial charge in [-0.15, -0.1) is 0 Å². The number of carbonyl (C=O) groups excluding carboxylic acids is 2. The maximum Gasteiger partial charge on any atom is 0.314 e. The molecule has 0 saturated heterocycles. The van der Waals surface area contributed by atoms with Crippen molar-refractivity contribution in [3.63, 3.8) is 0 Å². The molecule has 0 saturated carbocycles. The van der Waals surface area contributed by atoms with E-state index >= 15 is 0 Å². The summed E-state index contributed by atoms with van der Waals surface area (Å²) < 4.78 is 0. The first-order chi connectivity index (χ1) is 17.0. The Morgan fingerprint density at radius 3 is 2.14 bits per heavy atom. The van der Waals surface area contributed by atoms with Gasteiger partial charge in [0.1, 0.15) is 0 Å². The molecule has 2 atom stereocenters. The van der Waals surface area contributed by atoms with E-state index in [1.807, 2.05) is 98.5 Å². The van der Waals surface area contributed by atoms with E-state index in [0.29, 0.717) is 19.6 Å². The van der Waals surface area contributed by atoms with E-state index in [-0.39, 0.29) is 23.9 Å². The zero-order chi connectivity index (χ0) is 25.0. The average molecular weight is 473 g/mol. The standard InChI is InChI=1S/C29H36N4O2/c1-4-33(22(2)3)28(34)27(25-16-11-18-30-20-25)26(24-14-9-6-10-15-24)21-32-29(35)31-19-17-23-12-7-5-8-13-23/h5-16,18,20,22,26-27H,4,17,19,21H2,1-3H3,(H2,31,32,35). The number of amides is 3. The maximum atomic E-state index is 13.9. The fourth-order valence-electron chi connectivity index (χ4n) is 4.42. The molecule has 0 fully saturated rings. The van der Waals surface area contributed by atoms with Crippen molar-refractivity contribution < 1.29 is 9.59 Å². The molecule has 3 amide bonds. The number of hydrogen-bond donors (Lipinski definition) is 2. The molecular weight excluding hydrogens is 436 g/mol. The molecule has 0 radical (unpaired) electrons. The van der Waals surface area contributed by atoms with Crippen molar-refractivity contribution in [2.24, 2.45) is 0 Å². The summed E-state index contributed by atoms with van der Waals surface area (Å²) in [4.78, 5) is 32.7. The third-order valence-electron chi connectivity index (χ3n) is 6.21. The minimum atomic E-state index is -0.474. The van der Waals surface area contributed by atoms with E-state index in [1.165, 1.54) is 5.56 Å². The second kappa shape index (κ2) is 13.3. The van der Waals surface area contributed by atoms with Crippen molar-refractivity contribution in [3.8, 4) is 0 Å². The molecule has 1 heterocycles. The molecule has 0 spiro atoms. The van der Waals surface area contributed by atoms with Crippen LogP contribution in [0.3, 0.4) is 0 Å². The lowest BCUT2D eigenvalue weighted by molar-refractivity contribution is -0.134. The van der Waals surface area contributed by atoms with Crippen LogP contribution in [0.2, 0.25) is 0 Å². The highest BCUT2D eigenvalue weighted by Gasteiger charge is 2.35. The van der Waals surface area contributed by atoms with Crippen LogP contribution in [-0.4, -0.2) is 47.5 Å². The highest BCUT2D eigenvalue weighted by atomic mass is 16.2. The number of urea groups is 1. The lowest BCUT2D eigenvalue weighted by Crippen LogP contribution is -2.45. The SMILES string of the molecule is CCN(C(=O)C(c1cccnc1)C(CNC(=O)NCCc1ccccc1)c1ccccc1)C(C)C. The number of benzene rings is 2. The lowest BCUT2D eigenvalue weighted by Gasteiger charge is -2.34. The predicted octanol–water partition coefficient (Wildman–Crippen LogP) is 4.75. The Kier molecular flexibility index (Phi) is 9.84. The Morgan fingerprint density at radius 2 is 1.54 bits per heavy atom. The number of nitrogens with one attached hydrogen (secondary N) is 2. The molecular formula is C29H36N4O2. The molecule has 2 N–H and O–H groups in total. The number of nitrogens with zero attached hydrogens (tertiary/aromatic N) is 2. The Balaban J connectivity index is 1.80. The number of rotatable bonds is 11. The molecule has 0 aliphatic carbocycles. The van der Waals surface area contributed by atoms with Crippen LogP contribution in [0.5, 0.6) is 0 Å². The van der Waals surface area contributed by atoms with Crippen LogP contribution in [0.1, 0.15) is 49.3 Å². The summed E-state index contributed by atoms with van der Waals surface area (Å²) in [7, 11) is 0. The molecule has 0 aliphatic heterocycles. The highest BCUT2D eigenvalue weighted by Crippen LogP contribution is 2.34. The molecule has 3 aromatic rings. The van der Waals surface area contributed by atoms with Crippen molar-refractivity contribution in [2.75, 3.05) is 19.6 Å². The van der Waals surface area contributed by atoms with Gasteiger partial charge in [0, 0.05) is 44.0 Å². The summed E-state index contributed by atoms with van der Waals surface area (Å²) in [6.45, 7) is 7.52. The zero-order valence-electron chi connectivity index (χ0n) is 20.9. The number of likely N-dealkylation sites (N-methyl/N-ethyl adjacent to an activating group) is 1. The summed E-state index contributed by atoms with van der Waals surface area (Å²) in [6.07, 6.45) is 4.22. The topological polar surface area (TPSA) is 74.3 Å². The van der Waals surface area contributed by atoms with Crippen LogP contribution in [0.25, 0.3) is 0 Å². The van der Waals surface area contributed by atoms with Gasteiger partial charge in [0.15, 0.2) is 0 Å². The molecule has 35 heavy (non-hydrogen) atoms. The molecule has 1 aromatic heterocycles. The molecule has 0 bridgehead atoms. The van der Waals surface area contributed by atoms with Crippen LogP contribution in [0.4, 0.5) is 4.79 Å². The van der Waals surface area contributed by atoms with Gasteiger partial charge >= 0.3 is 6.03 Å². The second-order valence-electron chi connectivity index (χ2n) is 8.87. The van der Waals surface area contributed by atoms with Gasteiger partial charge < -0.3 is 15.5 Å². The summed E-state index contributed by atoms with van der Waals surface area (Å²) in [5, 5.41) is 5.96. The van der Waals surface area contributed by atoms with Gasteiger partial charge in [-0.1, -0.05) is 66.7 Å². The number of hydrogen-bond acceptors (Lipinski definition) is 3. The first kappa shape index (κ1) is 25.9. The van der Waals surface area contributed by atoms with Gasteiger partial charge in [-0.3, -0.25) is 9.78 Å². The van der Waals surface area contributed by atoms with Gasteiger partial charge in [-0.25, -0.2) is 4.79 Å². The van der Waals surface area contributed by atoms with Crippen LogP contribution in [0.15, 0.2) is 85.2 Å². The first-order valence-corrected chi connectivity index (χ1v) is 12.3. The maximum absolute atomic E-state index is 13.9. The number of pyridine rings is 1. The van der Waals surface area contributed by atoms with E-state index in [9.17, 15) is 9.59 Å². The van der Waals surface area contributed by atoms with Crippen molar-refractivity contribution >= 4 is 11.9 Å². The third-order valence-corrected chi connectivity index (χ3v) is 6.21. The normalized spacial score (nSPS) is 12.6. The summed E-state index contributed by atoms with van der Waals surface area (Å²) in [6, 6.07) is 23.6. The predicted molar refractivity (Wildman–Crippen MR) is 140 cm³/mol. The van der Waals surface area contributed by atoms with Crippen LogP contribution in [0, 0.1) is 0 Å². The van der Waals surface area contributed by atoms with Crippen LogP contribution < -0.4 is 10.6 Å². The molecule has 6 nitrogen and oxygen atoms in total. The monoisotopic (exact) mass is 472 g/mol. The van der Waals surface area contributed by atoms with Gasteiger partial charge in [-0.05, 0) is 49.9 Å². The molecule has 2 aromatic carbocycles. The van der Waals surface area contributed by atoms with Crippen molar-refractivity contribution in [3.05, 3.63) is 102 Å². The Hall–Kier alpha value is -3.67.